The molecule has 2 N–H and O–H groups in total. The molecule has 0 saturated heterocycles. The second-order valence-corrected chi connectivity index (χ2v) is 4.98. The molecule has 1 aromatic rings. The van der Waals surface area contributed by atoms with Crippen molar-refractivity contribution < 1.29 is 28.9 Å². The maximum atomic E-state index is 11.7. The number of ether oxygens (including phenoxy) is 3. The van der Waals surface area contributed by atoms with Gasteiger partial charge in [-0.25, -0.2) is 9.59 Å². The Labute approximate surface area is 138 Å². The lowest BCUT2D eigenvalue weighted by Gasteiger charge is -2.29. The van der Waals surface area contributed by atoms with Gasteiger partial charge in [0, 0.05) is 12.4 Å². The molecule has 0 fully saturated rings. The van der Waals surface area contributed by atoms with Crippen molar-refractivity contribution in [3.63, 3.8) is 0 Å². The minimum atomic E-state index is -1.46. The second-order valence-electron chi connectivity index (χ2n) is 4.98. The lowest BCUT2D eigenvalue weighted by atomic mass is 9.91. The fourth-order valence-electron chi connectivity index (χ4n) is 2.41. The molecule has 0 radical (unpaired) electrons. The first-order chi connectivity index (χ1) is 11.4. The highest BCUT2D eigenvalue weighted by Crippen LogP contribution is 2.38. The SMILES string of the molecule is CCOC(=O)OC1=C(C)NC(C)=C(OC(=O)O)C1c1cccnc1. The zero-order valence-corrected chi connectivity index (χ0v) is 13.5. The number of hydrogen-bond donors (Lipinski definition) is 2. The van der Waals surface area contributed by atoms with E-state index >= 15 is 0 Å². The summed E-state index contributed by atoms with van der Waals surface area (Å²) in [6, 6.07) is 3.44. The van der Waals surface area contributed by atoms with E-state index < -0.39 is 18.2 Å². The Hall–Kier alpha value is -3.03. The number of carbonyl (C=O) groups is 2. The standard InChI is InChI=1S/C16H18N2O6/c1-4-22-16(21)24-14-10(3)18-9(2)13(23-15(19)20)12(14)11-6-5-7-17-8-11/h5-8,12,18H,4H2,1-3H3,(H,19,20). The number of rotatable bonds is 4. The molecular formula is C16H18N2O6. The van der Waals surface area contributed by atoms with E-state index in [0.29, 0.717) is 17.0 Å². The molecule has 0 amide bonds. The van der Waals surface area contributed by atoms with E-state index in [1.54, 1.807) is 45.3 Å². The van der Waals surface area contributed by atoms with Crippen LogP contribution in [0.4, 0.5) is 9.59 Å². The van der Waals surface area contributed by atoms with Crippen molar-refractivity contribution in [1.29, 1.82) is 0 Å². The van der Waals surface area contributed by atoms with Gasteiger partial charge < -0.3 is 24.6 Å². The van der Waals surface area contributed by atoms with Crippen LogP contribution in [0.15, 0.2) is 47.4 Å². The first-order valence-corrected chi connectivity index (χ1v) is 7.27. The van der Waals surface area contributed by atoms with Gasteiger partial charge in [0.15, 0.2) is 0 Å². The Kier molecular flexibility index (Phi) is 5.41. The summed E-state index contributed by atoms with van der Waals surface area (Å²) in [6.07, 6.45) is 0.796. The van der Waals surface area contributed by atoms with Crippen molar-refractivity contribution in [1.82, 2.24) is 10.3 Å². The van der Waals surface area contributed by atoms with Crippen LogP contribution in [-0.4, -0.2) is 29.0 Å². The van der Waals surface area contributed by atoms with Crippen molar-refractivity contribution in [2.75, 3.05) is 6.61 Å². The van der Waals surface area contributed by atoms with Gasteiger partial charge >= 0.3 is 12.3 Å². The predicted molar refractivity (Wildman–Crippen MR) is 82.7 cm³/mol. The summed E-state index contributed by atoms with van der Waals surface area (Å²) in [6.45, 7) is 5.19. The molecule has 8 heteroatoms. The summed E-state index contributed by atoms with van der Waals surface area (Å²) in [4.78, 5) is 26.8. The summed E-state index contributed by atoms with van der Waals surface area (Å²) in [5, 5.41) is 12.0. The zero-order valence-electron chi connectivity index (χ0n) is 13.5. The van der Waals surface area contributed by atoms with Crippen LogP contribution in [-0.2, 0) is 14.2 Å². The highest BCUT2D eigenvalue weighted by atomic mass is 16.7. The van der Waals surface area contributed by atoms with Crippen molar-refractivity contribution in [2.24, 2.45) is 0 Å². The van der Waals surface area contributed by atoms with Crippen LogP contribution in [0.25, 0.3) is 0 Å². The van der Waals surface area contributed by atoms with E-state index in [9.17, 15) is 9.59 Å². The first kappa shape index (κ1) is 17.3. The largest absolute Gasteiger partial charge is 0.513 e. The van der Waals surface area contributed by atoms with E-state index in [1.807, 2.05) is 0 Å². The smallest absolute Gasteiger partial charge is 0.449 e. The van der Waals surface area contributed by atoms with Crippen molar-refractivity contribution >= 4 is 12.3 Å². The number of aromatic nitrogens is 1. The lowest BCUT2D eigenvalue weighted by Crippen LogP contribution is -2.29. The topological polar surface area (TPSA) is 107 Å². The van der Waals surface area contributed by atoms with E-state index in [2.05, 4.69) is 10.3 Å². The van der Waals surface area contributed by atoms with E-state index in [0.717, 1.165) is 0 Å². The highest BCUT2D eigenvalue weighted by molar-refractivity contribution is 5.64. The molecule has 24 heavy (non-hydrogen) atoms. The van der Waals surface area contributed by atoms with Crippen LogP contribution in [0, 0.1) is 0 Å². The molecule has 1 atom stereocenters. The van der Waals surface area contributed by atoms with Crippen molar-refractivity contribution in [3.05, 3.63) is 53.0 Å². The minimum Gasteiger partial charge on any atom is -0.449 e. The Morgan fingerprint density at radius 3 is 2.46 bits per heavy atom. The third-order valence-electron chi connectivity index (χ3n) is 3.31. The molecule has 0 bridgehead atoms. The van der Waals surface area contributed by atoms with Crippen molar-refractivity contribution in [2.45, 2.75) is 26.7 Å². The molecule has 2 heterocycles. The Morgan fingerprint density at radius 1 is 1.25 bits per heavy atom. The summed E-state index contributed by atoms with van der Waals surface area (Å²) >= 11 is 0. The second kappa shape index (κ2) is 7.49. The average molecular weight is 334 g/mol. The lowest BCUT2D eigenvalue weighted by molar-refractivity contribution is 0.0724. The Bertz CT molecular complexity index is 696. The predicted octanol–water partition coefficient (Wildman–Crippen LogP) is 3.10. The summed E-state index contributed by atoms with van der Waals surface area (Å²) in [5.41, 5.74) is 1.67. The molecule has 1 aromatic heterocycles. The van der Waals surface area contributed by atoms with Crippen LogP contribution >= 0.6 is 0 Å². The summed E-state index contributed by atoms with van der Waals surface area (Å²) < 4.78 is 15.0. The highest BCUT2D eigenvalue weighted by Gasteiger charge is 2.35. The van der Waals surface area contributed by atoms with Gasteiger partial charge in [0.1, 0.15) is 17.4 Å². The molecule has 1 aliphatic heterocycles. The van der Waals surface area contributed by atoms with Gasteiger partial charge in [0.25, 0.3) is 0 Å². The third-order valence-corrected chi connectivity index (χ3v) is 3.31. The maximum Gasteiger partial charge on any atom is 0.513 e. The molecule has 128 valence electrons. The van der Waals surface area contributed by atoms with Crippen LogP contribution in [0.5, 0.6) is 0 Å². The fraction of sp³-hybridized carbons (Fsp3) is 0.312. The number of nitrogens with zero attached hydrogens (tertiary/aromatic N) is 1. The van der Waals surface area contributed by atoms with Gasteiger partial charge in [-0.2, -0.15) is 0 Å². The number of carboxylic acid groups (broad SMARTS) is 1. The van der Waals surface area contributed by atoms with Gasteiger partial charge in [-0.1, -0.05) is 6.07 Å². The zero-order chi connectivity index (χ0) is 17.7. The third kappa shape index (κ3) is 3.83. The quantitative estimate of drug-likeness (QED) is 0.809. The number of hydrogen-bond acceptors (Lipinski definition) is 7. The molecular weight excluding hydrogens is 316 g/mol. The Morgan fingerprint density at radius 2 is 1.92 bits per heavy atom. The molecule has 0 aromatic carbocycles. The average Bonchev–Trinajstić information content (AvgIpc) is 2.53. The van der Waals surface area contributed by atoms with E-state index in [4.69, 9.17) is 19.3 Å². The number of nitrogens with one attached hydrogen (secondary N) is 1. The Balaban J connectivity index is 2.48. The van der Waals surface area contributed by atoms with Gasteiger partial charge in [0.2, 0.25) is 0 Å². The van der Waals surface area contributed by atoms with Crippen LogP contribution < -0.4 is 5.32 Å². The molecule has 0 spiro atoms. The van der Waals surface area contributed by atoms with Gasteiger partial charge in [-0.15, -0.1) is 0 Å². The molecule has 1 unspecified atom stereocenters. The van der Waals surface area contributed by atoms with E-state index in [1.165, 1.54) is 0 Å². The number of carbonyl (C=O) groups excluding carboxylic acids is 1. The van der Waals surface area contributed by atoms with Crippen LogP contribution in [0.1, 0.15) is 32.3 Å². The number of allylic oxidation sites excluding steroid dienone is 2. The molecule has 1 aliphatic rings. The molecule has 0 saturated carbocycles. The van der Waals surface area contributed by atoms with E-state index in [-0.39, 0.29) is 18.1 Å². The summed E-state index contributed by atoms with van der Waals surface area (Å²) in [5.74, 6) is -0.427. The molecule has 8 nitrogen and oxygen atoms in total. The minimum absolute atomic E-state index is 0.111. The van der Waals surface area contributed by atoms with Crippen molar-refractivity contribution in [3.8, 4) is 0 Å². The van der Waals surface area contributed by atoms with Gasteiger partial charge in [-0.05, 0) is 32.4 Å². The maximum absolute atomic E-state index is 11.7. The molecule has 0 aliphatic carbocycles. The summed E-state index contributed by atoms with van der Waals surface area (Å²) in [7, 11) is 0. The number of dihydropyridines is 1. The first-order valence-electron chi connectivity index (χ1n) is 7.27. The van der Waals surface area contributed by atoms with Crippen LogP contribution in [0.2, 0.25) is 0 Å². The van der Waals surface area contributed by atoms with Crippen LogP contribution in [0.3, 0.4) is 0 Å². The molecule has 2 rings (SSSR count). The van der Waals surface area contributed by atoms with Gasteiger partial charge in [0.05, 0.1) is 18.0 Å². The number of pyridine rings is 1. The van der Waals surface area contributed by atoms with Gasteiger partial charge in [-0.3, -0.25) is 4.98 Å². The fourth-order valence-corrected chi connectivity index (χ4v) is 2.41. The normalized spacial score (nSPS) is 17.2. The monoisotopic (exact) mass is 334 g/mol.